The van der Waals surface area contributed by atoms with Crippen LogP contribution < -0.4 is 0 Å². The maximum absolute atomic E-state index is 7.00. The fourth-order valence-electron chi connectivity index (χ4n) is 6.18. The quantitative estimate of drug-likeness (QED) is 0.704. The molecular weight excluding hydrogens is 278 g/mol. The van der Waals surface area contributed by atoms with E-state index >= 15 is 0 Å². The number of aryl methyl sites for hydroxylation is 1. The molecule has 1 aromatic rings. The molecule has 0 amide bonds. The van der Waals surface area contributed by atoms with Crippen molar-refractivity contribution in [3.63, 3.8) is 0 Å². The number of halogens is 1. The summed E-state index contributed by atoms with van der Waals surface area (Å²) in [7, 11) is 0. The van der Waals surface area contributed by atoms with Gasteiger partial charge in [-0.2, -0.15) is 0 Å². The van der Waals surface area contributed by atoms with Gasteiger partial charge in [-0.3, -0.25) is 4.98 Å². The predicted octanol–water partition coefficient (Wildman–Crippen LogP) is 5.15. The molecule has 1 nitrogen and oxygen atoms in total. The van der Waals surface area contributed by atoms with Crippen molar-refractivity contribution in [2.24, 2.45) is 22.7 Å². The first-order valence-electron chi connectivity index (χ1n) is 8.52. The number of nitrogens with zero attached hydrogens (tertiary/aromatic N) is 1. The van der Waals surface area contributed by atoms with Gasteiger partial charge in [-0.25, -0.2) is 0 Å². The Bertz CT molecular complexity index is 521. The lowest BCUT2D eigenvalue weighted by Crippen LogP contribution is -2.54. The van der Waals surface area contributed by atoms with Crippen LogP contribution in [0.15, 0.2) is 18.3 Å². The Morgan fingerprint density at radius 3 is 2.52 bits per heavy atom. The summed E-state index contributed by atoms with van der Waals surface area (Å²) >= 11 is 7.00. The zero-order valence-corrected chi connectivity index (χ0v) is 14.0. The molecule has 114 valence electrons. The molecule has 0 N–H and O–H groups in total. The average molecular weight is 304 g/mol. The minimum atomic E-state index is 0.262. The Hall–Kier alpha value is -0.560. The summed E-state index contributed by atoms with van der Waals surface area (Å²) in [5, 5.41) is 0.262. The molecule has 0 aromatic carbocycles. The van der Waals surface area contributed by atoms with Crippen molar-refractivity contribution in [1.82, 2.24) is 4.98 Å². The molecule has 0 spiro atoms. The van der Waals surface area contributed by atoms with Gasteiger partial charge in [0, 0.05) is 23.7 Å². The first kappa shape index (κ1) is 14.1. The van der Waals surface area contributed by atoms with E-state index < -0.39 is 0 Å². The van der Waals surface area contributed by atoms with Crippen LogP contribution >= 0.6 is 11.6 Å². The Labute approximate surface area is 133 Å². The van der Waals surface area contributed by atoms with Gasteiger partial charge < -0.3 is 0 Å². The van der Waals surface area contributed by atoms with Crippen molar-refractivity contribution in [3.8, 4) is 0 Å². The zero-order chi connectivity index (χ0) is 14.7. The van der Waals surface area contributed by atoms with Crippen LogP contribution in [0.1, 0.15) is 56.7 Å². The van der Waals surface area contributed by atoms with Gasteiger partial charge in [-0.1, -0.05) is 13.0 Å². The van der Waals surface area contributed by atoms with Gasteiger partial charge in [0.05, 0.1) is 0 Å². The van der Waals surface area contributed by atoms with Crippen LogP contribution in [0.25, 0.3) is 0 Å². The van der Waals surface area contributed by atoms with Gasteiger partial charge >= 0.3 is 0 Å². The lowest BCUT2D eigenvalue weighted by Gasteiger charge is -2.62. The molecule has 2 heteroatoms. The Kier molecular flexibility index (Phi) is 3.16. The summed E-state index contributed by atoms with van der Waals surface area (Å²) < 4.78 is 0. The molecule has 0 aliphatic heterocycles. The Morgan fingerprint density at radius 2 is 1.95 bits per heavy atom. The molecule has 4 bridgehead atoms. The second kappa shape index (κ2) is 4.72. The summed E-state index contributed by atoms with van der Waals surface area (Å²) in [6.45, 7) is 4.61. The monoisotopic (exact) mass is 303 g/mol. The van der Waals surface area contributed by atoms with Gasteiger partial charge in [0.25, 0.3) is 0 Å². The number of pyridine rings is 1. The number of aromatic nitrogens is 1. The van der Waals surface area contributed by atoms with Gasteiger partial charge in [0.2, 0.25) is 0 Å². The van der Waals surface area contributed by atoms with E-state index in [1.807, 2.05) is 6.20 Å². The second-order valence-electron chi connectivity index (χ2n) is 8.63. The first-order valence-corrected chi connectivity index (χ1v) is 8.96. The van der Waals surface area contributed by atoms with Gasteiger partial charge in [0.1, 0.15) is 0 Å². The molecule has 21 heavy (non-hydrogen) atoms. The summed E-state index contributed by atoms with van der Waals surface area (Å²) in [5.74, 6) is 1.90. The van der Waals surface area contributed by atoms with Crippen LogP contribution in [0.2, 0.25) is 0 Å². The van der Waals surface area contributed by atoms with Crippen molar-refractivity contribution in [2.45, 2.75) is 64.2 Å². The van der Waals surface area contributed by atoms with Crippen molar-refractivity contribution in [1.29, 1.82) is 0 Å². The topological polar surface area (TPSA) is 12.9 Å². The predicted molar refractivity (Wildman–Crippen MR) is 87.5 cm³/mol. The molecule has 4 aliphatic carbocycles. The third-order valence-electron chi connectivity index (χ3n) is 6.42. The maximum Gasteiger partial charge on any atom is 0.0448 e. The standard InChI is InChI=1S/C19H26ClN/c1-13-3-4-16(21-11-13)6-17(20)19-9-14-5-15(10-19)8-18(2,7-14)12-19/h3-4,11,14-15,17H,5-10,12H2,1-2H3. The van der Waals surface area contributed by atoms with Crippen LogP contribution in [0.4, 0.5) is 0 Å². The van der Waals surface area contributed by atoms with E-state index in [2.05, 4.69) is 31.0 Å². The molecule has 0 radical (unpaired) electrons. The number of alkyl halides is 1. The van der Waals surface area contributed by atoms with E-state index in [4.69, 9.17) is 11.6 Å². The van der Waals surface area contributed by atoms with Crippen LogP contribution in [-0.2, 0) is 6.42 Å². The van der Waals surface area contributed by atoms with Crippen molar-refractivity contribution >= 4 is 11.6 Å². The molecule has 1 aromatic heterocycles. The van der Waals surface area contributed by atoms with Crippen molar-refractivity contribution < 1.29 is 0 Å². The largest absolute Gasteiger partial charge is 0.261 e. The summed E-state index contributed by atoms with van der Waals surface area (Å²) in [5.41, 5.74) is 3.37. The number of rotatable bonds is 3. The van der Waals surface area contributed by atoms with E-state index in [0.29, 0.717) is 10.8 Å². The highest BCUT2D eigenvalue weighted by molar-refractivity contribution is 6.21. The number of hydrogen-bond acceptors (Lipinski definition) is 1. The van der Waals surface area contributed by atoms with E-state index in [1.54, 1.807) is 0 Å². The van der Waals surface area contributed by atoms with E-state index in [1.165, 1.54) is 49.8 Å². The normalized spacial score (nSPS) is 42.2. The molecule has 5 rings (SSSR count). The Balaban J connectivity index is 1.56. The minimum absolute atomic E-state index is 0.262. The van der Waals surface area contributed by atoms with E-state index in [9.17, 15) is 0 Å². The highest BCUT2D eigenvalue weighted by Crippen LogP contribution is 2.67. The minimum Gasteiger partial charge on any atom is -0.261 e. The third kappa shape index (κ3) is 2.42. The van der Waals surface area contributed by atoms with Crippen LogP contribution in [0.3, 0.4) is 0 Å². The van der Waals surface area contributed by atoms with Crippen molar-refractivity contribution in [3.05, 3.63) is 29.6 Å². The van der Waals surface area contributed by atoms with Crippen LogP contribution in [0.5, 0.6) is 0 Å². The molecule has 1 heterocycles. The molecule has 4 aliphatic rings. The fraction of sp³-hybridized carbons (Fsp3) is 0.737. The highest BCUT2D eigenvalue weighted by Gasteiger charge is 2.57. The van der Waals surface area contributed by atoms with E-state index in [0.717, 1.165) is 18.3 Å². The lowest BCUT2D eigenvalue weighted by molar-refractivity contribution is -0.103. The van der Waals surface area contributed by atoms with Gasteiger partial charge in [-0.15, -0.1) is 11.6 Å². The smallest absolute Gasteiger partial charge is 0.0448 e. The fourth-order valence-corrected chi connectivity index (χ4v) is 6.60. The zero-order valence-electron chi connectivity index (χ0n) is 13.2. The molecule has 4 saturated carbocycles. The highest BCUT2D eigenvalue weighted by atomic mass is 35.5. The van der Waals surface area contributed by atoms with Crippen molar-refractivity contribution in [2.75, 3.05) is 0 Å². The lowest BCUT2D eigenvalue weighted by atomic mass is 9.44. The van der Waals surface area contributed by atoms with E-state index in [-0.39, 0.29) is 5.38 Å². The molecule has 4 fully saturated rings. The van der Waals surface area contributed by atoms with Gasteiger partial charge in [0.15, 0.2) is 0 Å². The summed E-state index contributed by atoms with van der Waals surface area (Å²) in [4.78, 5) is 4.58. The molecule has 3 atom stereocenters. The second-order valence-corrected chi connectivity index (χ2v) is 9.16. The molecule has 3 unspecified atom stereocenters. The molecular formula is C19H26ClN. The summed E-state index contributed by atoms with van der Waals surface area (Å²) in [6, 6.07) is 4.32. The summed E-state index contributed by atoms with van der Waals surface area (Å²) in [6.07, 6.45) is 11.4. The first-order chi connectivity index (χ1) is 9.96. The number of hydrogen-bond donors (Lipinski definition) is 0. The maximum atomic E-state index is 7.00. The Morgan fingerprint density at radius 1 is 1.24 bits per heavy atom. The van der Waals surface area contributed by atoms with Gasteiger partial charge in [-0.05, 0) is 79.7 Å². The third-order valence-corrected chi connectivity index (χ3v) is 7.04. The SMILES string of the molecule is Cc1ccc(CC(Cl)C23CC4CC(CC(C)(C4)C2)C3)nc1. The van der Waals surface area contributed by atoms with Crippen LogP contribution in [-0.4, -0.2) is 10.4 Å². The molecule has 0 saturated heterocycles. The average Bonchev–Trinajstić information content (AvgIpc) is 2.38. The van der Waals surface area contributed by atoms with Crippen LogP contribution in [0, 0.1) is 29.6 Å².